The average Bonchev–Trinajstić information content (AvgIpc) is 3.07. The maximum atomic E-state index is 4.65. The fourth-order valence-corrected chi connectivity index (χ4v) is 3.70. The first-order chi connectivity index (χ1) is 10.7. The summed E-state index contributed by atoms with van der Waals surface area (Å²) in [5, 5.41) is 3.51. The Morgan fingerprint density at radius 2 is 2.27 bits per heavy atom. The number of rotatable bonds is 3. The van der Waals surface area contributed by atoms with Crippen LogP contribution in [0, 0.1) is 0 Å². The van der Waals surface area contributed by atoms with Gasteiger partial charge in [0.2, 0.25) is 5.95 Å². The Hall–Kier alpha value is -1.88. The lowest BCUT2D eigenvalue weighted by atomic mass is 10.0. The topological polar surface area (TPSA) is 42.7 Å². The molecule has 2 aromatic heterocycles. The number of nitrogens with zero attached hydrogens (tertiary/aromatic N) is 3. The minimum Gasteiger partial charge on any atom is -0.355 e. The summed E-state index contributed by atoms with van der Waals surface area (Å²) >= 11 is 3.55. The summed E-state index contributed by atoms with van der Waals surface area (Å²) in [7, 11) is 2.03. The summed E-state index contributed by atoms with van der Waals surface area (Å²) in [6.07, 6.45) is 6.00. The van der Waals surface area contributed by atoms with E-state index in [-0.39, 0.29) is 0 Å². The van der Waals surface area contributed by atoms with Crippen LogP contribution in [0.4, 0.5) is 5.95 Å². The minimum atomic E-state index is 0.557. The maximum absolute atomic E-state index is 4.65. The summed E-state index contributed by atoms with van der Waals surface area (Å²) in [4.78, 5) is 8.82. The van der Waals surface area contributed by atoms with Crippen molar-refractivity contribution in [2.75, 3.05) is 11.9 Å². The van der Waals surface area contributed by atoms with Crippen molar-refractivity contribution >= 4 is 32.9 Å². The fraction of sp³-hybridized carbons (Fsp3) is 0.294. The number of aromatic nitrogens is 3. The molecule has 22 heavy (non-hydrogen) atoms. The van der Waals surface area contributed by atoms with E-state index in [0.717, 1.165) is 29.9 Å². The summed E-state index contributed by atoms with van der Waals surface area (Å²) in [6, 6.07) is 8.58. The molecule has 4 nitrogen and oxygen atoms in total. The molecule has 0 saturated heterocycles. The van der Waals surface area contributed by atoms with Crippen LogP contribution in [0.3, 0.4) is 0 Å². The number of hydrogen-bond donors (Lipinski definition) is 1. The summed E-state index contributed by atoms with van der Waals surface area (Å²) in [5.41, 5.74) is 4.98. The molecule has 0 fully saturated rings. The predicted molar refractivity (Wildman–Crippen MR) is 92.2 cm³/mol. The van der Waals surface area contributed by atoms with Crippen LogP contribution in [0.5, 0.6) is 0 Å². The molecule has 0 saturated carbocycles. The van der Waals surface area contributed by atoms with Gasteiger partial charge in [0.15, 0.2) is 0 Å². The van der Waals surface area contributed by atoms with E-state index in [1.165, 1.54) is 22.0 Å². The van der Waals surface area contributed by atoms with E-state index in [9.17, 15) is 0 Å². The van der Waals surface area contributed by atoms with Gasteiger partial charge in [-0.2, -0.15) is 0 Å². The summed E-state index contributed by atoms with van der Waals surface area (Å²) < 4.78 is 3.24. The molecule has 0 spiro atoms. The van der Waals surface area contributed by atoms with E-state index in [0.29, 0.717) is 5.92 Å². The molecule has 2 heterocycles. The van der Waals surface area contributed by atoms with E-state index >= 15 is 0 Å². The third-order valence-electron chi connectivity index (χ3n) is 4.50. The van der Waals surface area contributed by atoms with Gasteiger partial charge in [0.1, 0.15) is 0 Å². The molecular weight excluding hydrogens is 340 g/mol. The van der Waals surface area contributed by atoms with Gasteiger partial charge in [-0.15, -0.1) is 0 Å². The SMILES string of the molecule is Cn1c(NCC2CCc3cc(Br)ccc32)nc2ccncc21. The van der Waals surface area contributed by atoms with E-state index in [2.05, 4.69) is 54.0 Å². The third-order valence-corrected chi connectivity index (χ3v) is 4.99. The Morgan fingerprint density at radius 1 is 1.36 bits per heavy atom. The standard InChI is InChI=1S/C17H17BrN4/c1-22-16-10-19-7-6-15(16)21-17(22)20-9-12-3-2-11-8-13(18)4-5-14(11)12/h4-8,10,12H,2-3,9H2,1H3,(H,20,21). The second-order valence-electron chi connectivity index (χ2n) is 5.82. The molecule has 1 atom stereocenters. The second kappa shape index (κ2) is 5.39. The van der Waals surface area contributed by atoms with E-state index in [4.69, 9.17) is 0 Å². The van der Waals surface area contributed by atoms with Crippen LogP contribution in [0.1, 0.15) is 23.5 Å². The number of hydrogen-bond acceptors (Lipinski definition) is 3. The molecule has 112 valence electrons. The highest BCUT2D eigenvalue weighted by molar-refractivity contribution is 9.10. The Balaban J connectivity index is 1.55. The Labute approximate surface area is 137 Å². The van der Waals surface area contributed by atoms with Crippen LogP contribution in [-0.2, 0) is 13.5 Å². The van der Waals surface area contributed by atoms with Crippen LogP contribution in [0.15, 0.2) is 41.1 Å². The maximum Gasteiger partial charge on any atom is 0.203 e. The summed E-state index contributed by atoms with van der Waals surface area (Å²) in [5.74, 6) is 1.47. The number of aryl methyl sites for hydroxylation is 2. The van der Waals surface area contributed by atoms with Gasteiger partial charge >= 0.3 is 0 Å². The quantitative estimate of drug-likeness (QED) is 0.774. The molecule has 0 bridgehead atoms. The third kappa shape index (κ3) is 2.29. The van der Waals surface area contributed by atoms with Crippen molar-refractivity contribution in [1.82, 2.24) is 14.5 Å². The molecule has 0 aliphatic heterocycles. The highest BCUT2D eigenvalue weighted by atomic mass is 79.9. The van der Waals surface area contributed by atoms with E-state index in [1.807, 2.05) is 19.3 Å². The molecule has 1 aliphatic carbocycles. The van der Waals surface area contributed by atoms with Crippen LogP contribution in [0.2, 0.25) is 0 Å². The zero-order valence-corrected chi connectivity index (χ0v) is 14.0. The molecule has 1 N–H and O–H groups in total. The van der Waals surface area contributed by atoms with Crippen molar-refractivity contribution in [3.8, 4) is 0 Å². The Bertz CT molecular complexity index is 840. The normalized spacial score (nSPS) is 16.9. The van der Waals surface area contributed by atoms with Crippen molar-refractivity contribution in [3.63, 3.8) is 0 Å². The lowest BCUT2D eigenvalue weighted by molar-refractivity contribution is 0.702. The number of halogens is 1. The van der Waals surface area contributed by atoms with Gasteiger partial charge < -0.3 is 9.88 Å². The largest absolute Gasteiger partial charge is 0.355 e. The van der Waals surface area contributed by atoms with Gasteiger partial charge in [0.25, 0.3) is 0 Å². The van der Waals surface area contributed by atoms with Crippen LogP contribution in [0.25, 0.3) is 11.0 Å². The number of fused-ring (bicyclic) bond motifs is 2. The minimum absolute atomic E-state index is 0.557. The number of anilines is 1. The average molecular weight is 357 g/mol. The molecule has 1 unspecified atom stereocenters. The first-order valence-corrected chi connectivity index (χ1v) is 8.30. The molecule has 1 aromatic carbocycles. The van der Waals surface area contributed by atoms with Gasteiger partial charge in [-0.05, 0) is 42.2 Å². The highest BCUT2D eigenvalue weighted by Crippen LogP contribution is 2.34. The van der Waals surface area contributed by atoms with Gasteiger partial charge in [0.05, 0.1) is 17.2 Å². The summed E-state index contributed by atoms with van der Waals surface area (Å²) in [6.45, 7) is 0.916. The molecular formula is C17H17BrN4. The van der Waals surface area contributed by atoms with Crippen molar-refractivity contribution in [1.29, 1.82) is 0 Å². The zero-order valence-electron chi connectivity index (χ0n) is 12.4. The first kappa shape index (κ1) is 13.8. The molecule has 1 aliphatic rings. The van der Waals surface area contributed by atoms with E-state index < -0.39 is 0 Å². The van der Waals surface area contributed by atoms with Gasteiger partial charge in [0, 0.05) is 30.2 Å². The molecule has 0 radical (unpaired) electrons. The van der Waals surface area contributed by atoms with Crippen LogP contribution in [-0.4, -0.2) is 21.1 Å². The Morgan fingerprint density at radius 3 is 3.14 bits per heavy atom. The number of pyridine rings is 1. The zero-order chi connectivity index (χ0) is 15.1. The van der Waals surface area contributed by atoms with Crippen LogP contribution >= 0.6 is 15.9 Å². The second-order valence-corrected chi connectivity index (χ2v) is 6.73. The highest BCUT2D eigenvalue weighted by Gasteiger charge is 2.22. The predicted octanol–water partition coefficient (Wildman–Crippen LogP) is 3.87. The van der Waals surface area contributed by atoms with Crippen molar-refractivity contribution < 1.29 is 0 Å². The van der Waals surface area contributed by atoms with E-state index in [1.54, 1.807) is 6.20 Å². The van der Waals surface area contributed by atoms with Gasteiger partial charge in [-0.3, -0.25) is 4.98 Å². The van der Waals surface area contributed by atoms with Crippen molar-refractivity contribution in [2.45, 2.75) is 18.8 Å². The van der Waals surface area contributed by atoms with Gasteiger partial charge in [-0.1, -0.05) is 22.0 Å². The smallest absolute Gasteiger partial charge is 0.203 e. The monoisotopic (exact) mass is 356 g/mol. The Kier molecular flexibility index (Phi) is 3.37. The lowest BCUT2D eigenvalue weighted by Crippen LogP contribution is -2.13. The number of benzene rings is 1. The van der Waals surface area contributed by atoms with Crippen LogP contribution < -0.4 is 5.32 Å². The fourth-order valence-electron chi connectivity index (χ4n) is 3.29. The van der Waals surface area contributed by atoms with Gasteiger partial charge in [-0.25, -0.2) is 4.98 Å². The van der Waals surface area contributed by atoms with Crippen molar-refractivity contribution in [2.24, 2.45) is 7.05 Å². The number of nitrogens with one attached hydrogen (secondary N) is 1. The molecule has 4 rings (SSSR count). The van der Waals surface area contributed by atoms with Crippen molar-refractivity contribution in [3.05, 3.63) is 52.3 Å². The molecule has 3 aromatic rings. The molecule has 0 amide bonds. The molecule has 5 heteroatoms. The number of imidazole rings is 1. The lowest BCUT2D eigenvalue weighted by Gasteiger charge is -2.13. The first-order valence-electron chi connectivity index (χ1n) is 7.51.